The van der Waals surface area contributed by atoms with Gasteiger partial charge in [0.15, 0.2) is 0 Å². The van der Waals surface area contributed by atoms with Gasteiger partial charge in [-0.1, -0.05) is 41.9 Å². The molecule has 0 bridgehead atoms. The van der Waals surface area contributed by atoms with E-state index in [1.165, 1.54) is 0 Å². The molecule has 1 aliphatic rings. The molecule has 0 aromatic heterocycles. The second kappa shape index (κ2) is 5.43. The van der Waals surface area contributed by atoms with Crippen LogP contribution in [0.1, 0.15) is 38.7 Å². The van der Waals surface area contributed by atoms with Crippen LogP contribution in [-0.4, -0.2) is 12.5 Å². The molecule has 1 N–H and O–H groups in total. The summed E-state index contributed by atoms with van der Waals surface area (Å²) in [5.74, 6) is 0.826. The van der Waals surface area contributed by atoms with Gasteiger partial charge in [-0.15, -0.1) is 0 Å². The highest BCUT2D eigenvalue weighted by atomic mass is 79.9. The molecule has 1 amide bonds. The van der Waals surface area contributed by atoms with Crippen LogP contribution in [0.3, 0.4) is 0 Å². The van der Waals surface area contributed by atoms with Crippen LogP contribution in [0.25, 0.3) is 0 Å². The fourth-order valence-electron chi connectivity index (χ4n) is 2.20. The highest BCUT2D eigenvalue weighted by molar-refractivity contribution is 9.10. The van der Waals surface area contributed by atoms with Crippen molar-refractivity contribution in [2.75, 3.05) is 6.54 Å². The SMILES string of the molecule is CC(C)CCNC(=O)C1(c2cccc(Br)c2)CC1. The Kier molecular flexibility index (Phi) is 4.10. The van der Waals surface area contributed by atoms with Crippen LogP contribution >= 0.6 is 15.9 Å². The first-order chi connectivity index (χ1) is 8.54. The van der Waals surface area contributed by atoms with E-state index < -0.39 is 0 Å². The maximum Gasteiger partial charge on any atom is 0.230 e. The Morgan fingerprint density at radius 2 is 2.17 bits per heavy atom. The lowest BCUT2D eigenvalue weighted by molar-refractivity contribution is -0.123. The first-order valence-corrected chi connectivity index (χ1v) is 7.38. The third kappa shape index (κ3) is 2.94. The van der Waals surface area contributed by atoms with Crippen molar-refractivity contribution >= 4 is 21.8 Å². The molecular weight excluding hydrogens is 290 g/mol. The van der Waals surface area contributed by atoms with E-state index in [0.717, 1.165) is 35.8 Å². The van der Waals surface area contributed by atoms with Gasteiger partial charge in [0.1, 0.15) is 0 Å². The van der Waals surface area contributed by atoms with Gasteiger partial charge in [-0.2, -0.15) is 0 Å². The summed E-state index contributed by atoms with van der Waals surface area (Å²) in [7, 11) is 0. The maximum absolute atomic E-state index is 12.3. The molecule has 0 radical (unpaired) electrons. The van der Waals surface area contributed by atoms with Gasteiger partial charge in [-0.25, -0.2) is 0 Å². The van der Waals surface area contributed by atoms with E-state index >= 15 is 0 Å². The summed E-state index contributed by atoms with van der Waals surface area (Å²) in [5, 5.41) is 3.08. The minimum atomic E-state index is -0.249. The fraction of sp³-hybridized carbons (Fsp3) is 0.533. The monoisotopic (exact) mass is 309 g/mol. The molecule has 1 saturated carbocycles. The largest absolute Gasteiger partial charge is 0.355 e. The van der Waals surface area contributed by atoms with Crippen LogP contribution in [0.2, 0.25) is 0 Å². The molecule has 1 aliphatic carbocycles. The van der Waals surface area contributed by atoms with Gasteiger partial charge in [0.2, 0.25) is 5.91 Å². The molecule has 0 atom stereocenters. The highest BCUT2D eigenvalue weighted by Gasteiger charge is 2.51. The molecule has 18 heavy (non-hydrogen) atoms. The number of nitrogens with one attached hydrogen (secondary N) is 1. The normalized spacial score (nSPS) is 16.7. The summed E-state index contributed by atoms with van der Waals surface area (Å²) in [6.45, 7) is 5.13. The van der Waals surface area contributed by atoms with Crippen molar-refractivity contribution in [3.8, 4) is 0 Å². The van der Waals surface area contributed by atoms with Crippen LogP contribution in [0.5, 0.6) is 0 Å². The molecule has 0 aliphatic heterocycles. The van der Waals surface area contributed by atoms with Crippen molar-refractivity contribution in [1.82, 2.24) is 5.32 Å². The number of hydrogen-bond donors (Lipinski definition) is 1. The number of carbonyl (C=O) groups is 1. The lowest BCUT2D eigenvalue weighted by atomic mass is 9.95. The molecule has 0 unspecified atom stereocenters. The Morgan fingerprint density at radius 3 is 2.72 bits per heavy atom. The lowest BCUT2D eigenvalue weighted by Gasteiger charge is -2.16. The summed E-state index contributed by atoms with van der Waals surface area (Å²) in [6, 6.07) is 8.12. The van der Waals surface area contributed by atoms with Crippen LogP contribution in [0.15, 0.2) is 28.7 Å². The third-order valence-electron chi connectivity index (χ3n) is 3.57. The number of rotatable bonds is 5. The smallest absolute Gasteiger partial charge is 0.230 e. The summed E-state index contributed by atoms with van der Waals surface area (Å²) in [5.41, 5.74) is 0.889. The van der Waals surface area contributed by atoms with Crippen LogP contribution in [0.4, 0.5) is 0 Å². The van der Waals surface area contributed by atoms with Crippen molar-refractivity contribution in [2.45, 2.75) is 38.5 Å². The predicted molar refractivity (Wildman–Crippen MR) is 77.5 cm³/mol. The average molecular weight is 310 g/mol. The number of amides is 1. The molecule has 2 rings (SSSR count). The van der Waals surface area contributed by atoms with Crippen LogP contribution in [0, 0.1) is 5.92 Å². The molecule has 0 saturated heterocycles. The van der Waals surface area contributed by atoms with Crippen molar-refractivity contribution in [3.05, 3.63) is 34.3 Å². The summed E-state index contributed by atoms with van der Waals surface area (Å²) >= 11 is 3.47. The zero-order valence-electron chi connectivity index (χ0n) is 11.0. The van der Waals surface area contributed by atoms with Gasteiger partial charge in [-0.05, 0) is 42.9 Å². The summed E-state index contributed by atoms with van der Waals surface area (Å²) in [6.07, 6.45) is 2.98. The Bertz CT molecular complexity index is 438. The molecule has 0 heterocycles. The van der Waals surface area contributed by atoms with Gasteiger partial charge >= 0.3 is 0 Å². The van der Waals surface area contributed by atoms with Gasteiger partial charge < -0.3 is 5.32 Å². The fourth-order valence-corrected chi connectivity index (χ4v) is 2.60. The number of benzene rings is 1. The molecule has 1 fully saturated rings. The van der Waals surface area contributed by atoms with E-state index in [1.54, 1.807) is 0 Å². The van der Waals surface area contributed by atoms with E-state index in [0.29, 0.717) is 5.92 Å². The first kappa shape index (κ1) is 13.6. The van der Waals surface area contributed by atoms with Crippen LogP contribution in [-0.2, 0) is 10.2 Å². The van der Waals surface area contributed by atoms with Crippen molar-refractivity contribution < 1.29 is 4.79 Å². The van der Waals surface area contributed by atoms with E-state index in [9.17, 15) is 4.79 Å². The van der Waals surface area contributed by atoms with Crippen molar-refractivity contribution in [3.63, 3.8) is 0 Å². The predicted octanol–water partition coefficient (Wildman–Crippen LogP) is 3.64. The molecule has 1 aromatic carbocycles. The third-order valence-corrected chi connectivity index (χ3v) is 4.06. The molecule has 98 valence electrons. The second-order valence-electron chi connectivity index (χ2n) is 5.53. The number of halogens is 1. The van der Waals surface area contributed by atoms with Crippen molar-refractivity contribution in [2.24, 2.45) is 5.92 Å². The van der Waals surface area contributed by atoms with Gasteiger partial charge in [0.25, 0.3) is 0 Å². The second-order valence-corrected chi connectivity index (χ2v) is 6.45. The zero-order chi connectivity index (χ0) is 13.2. The first-order valence-electron chi connectivity index (χ1n) is 6.59. The minimum absolute atomic E-state index is 0.196. The molecule has 1 aromatic rings. The van der Waals surface area contributed by atoms with E-state index in [4.69, 9.17) is 0 Å². The number of carbonyl (C=O) groups excluding carboxylic acids is 1. The Labute approximate surface area is 117 Å². The zero-order valence-corrected chi connectivity index (χ0v) is 12.6. The Hall–Kier alpha value is -0.830. The van der Waals surface area contributed by atoms with E-state index in [1.807, 2.05) is 12.1 Å². The van der Waals surface area contributed by atoms with E-state index in [2.05, 4.69) is 47.2 Å². The standard InChI is InChI=1S/C15H20BrNO/c1-11(2)6-9-17-14(18)15(7-8-15)12-4-3-5-13(16)10-12/h3-5,10-11H,6-9H2,1-2H3,(H,17,18). The number of hydrogen-bond acceptors (Lipinski definition) is 1. The molecule has 3 heteroatoms. The molecule has 2 nitrogen and oxygen atoms in total. The average Bonchev–Trinajstić information content (AvgIpc) is 3.09. The van der Waals surface area contributed by atoms with E-state index in [-0.39, 0.29) is 11.3 Å². The van der Waals surface area contributed by atoms with Crippen molar-refractivity contribution in [1.29, 1.82) is 0 Å². The Morgan fingerprint density at radius 1 is 1.44 bits per heavy atom. The molecule has 0 spiro atoms. The van der Waals surface area contributed by atoms with Crippen LogP contribution < -0.4 is 5.32 Å². The quantitative estimate of drug-likeness (QED) is 0.884. The highest BCUT2D eigenvalue weighted by Crippen LogP contribution is 2.48. The maximum atomic E-state index is 12.3. The minimum Gasteiger partial charge on any atom is -0.355 e. The van der Waals surface area contributed by atoms with Gasteiger partial charge in [0.05, 0.1) is 5.41 Å². The topological polar surface area (TPSA) is 29.1 Å². The summed E-state index contributed by atoms with van der Waals surface area (Å²) < 4.78 is 1.04. The van der Waals surface area contributed by atoms with Gasteiger partial charge in [0, 0.05) is 11.0 Å². The lowest BCUT2D eigenvalue weighted by Crippen LogP contribution is -2.35. The van der Waals surface area contributed by atoms with Gasteiger partial charge in [-0.3, -0.25) is 4.79 Å². The molecular formula is C15H20BrNO. The Balaban J connectivity index is 2.01. The summed E-state index contributed by atoms with van der Waals surface area (Å²) in [4.78, 5) is 12.3.